The lowest BCUT2D eigenvalue weighted by Gasteiger charge is -2.41. The van der Waals surface area contributed by atoms with Crippen molar-refractivity contribution < 1.29 is 5.11 Å². The average molecular weight is 197 g/mol. The van der Waals surface area contributed by atoms with Gasteiger partial charge in [-0.3, -0.25) is 4.90 Å². The lowest BCUT2D eigenvalue weighted by molar-refractivity contribution is 0.0854. The third-order valence-electron chi connectivity index (χ3n) is 4.13. The van der Waals surface area contributed by atoms with Gasteiger partial charge in [-0.2, -0.15) is 0 Å². The van der Waals surface area contributed by atoms with Gasteiger partial charge in [0.05, 0.1) is 6.10 Å². The molecule has 1 atom stereocenters. The largest absolute Gasteiger partial charge is 0.391 e. The Balaban J connectivity index is 1.89. The number of β-amino-alcohol motifs (C(OH)–C–C–N with tert-alkyl or cyclic N) is 1. The van der Waals surface area contributed by atoms with Crippen molar-refractivity contribution >= 4 is 0 Å². The zero-order valence-electron chi connectivity index (χ0n) is 9.71. The summed E-state index contributed by atoms with van der Waals surface area (Å²) in [5, 5.41) is 9.87. The van der Waals surface area contributed by atoms with E-state index in [-0.39, 0.29) is 11.5 Å². The fraction of sp³-hybridized carbons (Fsp3) is 1.00. The highest BCUT2D eigenvalue weighted by atomic mass is 16.3. The molecule has 0 bridgehead atoms. The fourth-order valence-corrected chi connectivity index (χ4v) is 2.84. The molecule has 0 aromatic rings. The van der Waals surface area contributed by atoms with E-state index in [1.54, 1.807) is 0 Å². The molecule has 2 heteroatoms. The monoisotopic (exact) mass is 197 g/mol. The Morgan fingerprint density at radius 3 is 2.29 bits per heavy atom. The maximum atomic E-state index is 9.87. The maximum Gasteiger partial charge on any atom is 0.0730 e. The highest BCUT2D eigenvalue weighted by molar-refractivity contribution is 4.94. The Labute approximate surface area is 87.3 Å². The SMILES string of the molecule is CC1(CN2CC(O)C(C)(C)C2)CCC1. The number of hydrogen-bond donors (Lipinski definition) is 1. The molecule has 1 unspecified atom stereocenters. The van der Waals surface area contributed by atoms with Gasteiger partial charge >= 0.3 is 0 Å². The predicted molar refractivity (Wildman–Crippen MR) is 58.2 cm³/mol. The van der Waals surface area contributed by atoms with Gasteiger partial charge in [-0.25, -0.2) is 0 Å². The van der Waals surface area contributed by atoms with E-state index in [0.717, 1.165) is 13.1 Å². The minimum absolute atomic E-state index is 0.0973. The molecule has 0 aromatic heterocycles. The Hall–Kier alpha value is -0.0800. The van der Waals surface area contributed by atoms with Gasteiger partial charge < -0.3 is 5.11 Å². The summed E-state index contributed by atoms with van der Waals surface area (Å²) in [4.78, 5) is 2.45. The van der Waals surface area contributed by atoms with Gasteiger partial charge in [0, 0.05) is 25.0 Å². The second-order valence-electron chi connectivity index (χ2n) is 6.34. The molecule has 1 saturated carbocycles. The molecule has 1 aliphatic carbocycles. The molecule has 2 aliphatic rings. The van der Waals surface area contributed by atoms with Crippen molar-refractivity contribution in [3.8, 4) is 0 Å². The highest BCUT2D eigenvalue weighted by Gasteiger charge is 2.42. The first-order chi connectivity index (χ1) is 6.41. The van der Waals surface area contributed by atoms with Gasteiger partial charge in [-0.1, -0.05) is 27.2 Å². The summed E-state index contributed by atoms with van der Waals surface area (Å²) >= 11 is 0. The van der Waals surface area contributed by atoms with Crippen LogP contribution in [0.4, 0.5) is 0 Å². The van der Waals surface area contributed by atoms with Gasteiger partial charge in [0.25, 0.3) is 0 Å². The third kappa shape index (κ3) is 1.82. The van der Waals surface area contributed by atoms with Gasteiger partial charge in [-0.05, 0) is 18.3 Å². The van der Waals surface area contributed by atoms with Gasteiger partial charge in [0.1, 0.15) is 0 Å². The van der Waals surface area contributed by atoms with E-state index >= 15 is 0 Å². The number of aliphatic hydroxyl groups is 1. The van der Waals surface area contributed by atoms with Crippen LogP contribution in [0.15, 0.2) is 0 Å². The van der Waals surface area contributed by atoms with E-state index in [9.17, 15) is 5.11 Å². The summed E-state index contributed by atoms with van der Waals surface area (Å²) in [7, 11) is 0. The molecule has 1 N–H and O–H groups in total. The first-order valence-corrected chi connectivity index (χ1v) is 5.82. The molecule has 14 heavy (non-hydrogen) atoms. The molecule has 2 rings (SSSR count). The van der Waals surface area contributed by atoms with Gasteiger partial charge in [0.2, 0.25) is 0 Å². The van der Waals surface area contributed by atoms with Gasteiger partial charge in [-0.15, -0.1) is 0 Å². The Kier molecular flexibility index (Phi) is 2.39. The molecule has 0 amide bonds. The normalized spacial score (nSPS) is 35.6. The second-order valence-corrected chi connectivity index (χ2v) is 6.34. The summed E-state index contributed by atoms with van der Waals surface area (Å²) in [5.74, 6) is 0. The molecule has 1 aliphatic heterocycles. The minimum atomic E-state index is -0.133. The Morgan fingerprint density at radius 1 is 1.29 bits per heavy atom. The zero-order valence-corrected chi connectivity index (χ0v) is 9.71. The van der Waals surface area contributed by atoms with Crippen LogP contribution in [0.1, 0.15) is 40.0 Å². The average Bonchev–Trinajstić information content (AvgIpc) is 2.22. The number of likely N-dealkylation sites (tertiary alicyclic amines) is 1. The van der Waals surface area contributed by atoms with E-state index < -0.39 is 0 Å². The number of nitrogens with zero attached hydrogens (tertiary/aromatic N) is 1. The van der Waals surface area contributed by atoms with Crippen molar-refractivity contribution in [2.45, 2.75) is 46.1 Å². The van der Waals surface area contributed by atoms with Crippen LogP contribution in [0.3, 0.4) is 0 Å². The molecule has 0 radical (unpaired) electrons. The smallest absolute Gasteiger partial charge is 0.0730 e. The summed E-state index contributed by atoms with van der Waals surface area (Å²) < 4.78 is 0. The van der Waals surface area contributed by atoms with Crippen LogP contribution < -0.4 is 0 Å². The van der Waals surface area contributed by atoms with Crippen molar-refractivity contribution in [3.63, 3.8) is 0 Å². The summed E-state index contributed by atoms with van der Waals surface area (Å²) in [6, 6.07) is 0. The fourth-order valence-electron chi connectivity index (χ4n) is 2.84. The molecule has 1 heterocycles. The zero-order chi connectivity index (χ0) is 10.4. The van der Waals surface area contributed by atoms with Crippen LogP contribution in [0, 0.1) is 10.8 Å². The van der Waals surface area contributed by atoms with Crippen LogP contribution in [0.25, 0.3) is 0 Å². The first-order valence-electron chi connectivity index (χ1n) is 5.82. The van der Waals surface area contributed by atoms with Crippen LogP contribution >= 0.6 is 0 Å². The van der Waals surface area contributed by atoms with E-state index in [1.807, 2.05) is 0 Å². The molecule has 82 valence electrons. The first kappa shape index (κ1) is 10.4. The lowest BCUT2D eigenvalue weighted by atomic mass is 9.70. The van der Waals surface area contributed by atoms with Crippen LogP contribution in [0.2, 0.25) is 0 Å². The minimum Gasteiger partial charge on any atom is -0.391 e. The summed E-state index contributed by atoms with van der Waals surface area (Å²) in [6.45, 7) is 9.84. The van der Waals surface area contributed by atoms with E-state index in [4.69, 9.17) is 0 Å². The van der Waals surface area contributed by atoms with E-state index in [2.05, 4.69) is 25.7 Å². The topological polar surface area (TPSA) is 23.5 Å². The highest BCUT2D eigenvalue weighted by Crippen LogP contribution is 2.42. The molecule has 1 saturated heterocycles. The molecule has 0 spiro atoms. The molecular weight excluding hydrogens is 174 g/mol. The van der Waals surface area contributed by atoms with Crippen LogP contribution in [-0.2, 0) is 0 Å². The lowest BCUT2D eigenvalue weighted by Crippen LogP contribution is -2.39. The number of aliphatic hydroxyl groups excluding tert-OH is 1. The van der Waals surface area contributed by atoms with Gasteiger partial charge in [0.15, 0.2) is 0 Å². The molecule has 2 nitrogen and oxygen atoms in total. The quantitative estimate of drug-likeness (QED) is 0.730. The predicted octanol–water partition coefficient (Wildman–Crippen LogP) is 1.88. The maximum absolute atomic E-state index is 9.87. The second kappa shape index (κ2) is 3.21. The number of rotatable bonds is 2. The summed E-state index contributed by atoms with van der Waals surface area (Å²) in [5.41, 5.74) is 0.653. The Morgan fingerprint density at radius 2 is 1.93 bits per heavy atom. The van der Waals surface area contributed by atoms with Crippen molar-refractivity contribution in [2.75, 3.05) is 19.6 Å². The van der Waals surface area contributed by atoms with Crippen molar-refractivity contribution in [1.82, 2.24) is 4.90 Å². The Bertz CT molecular complexity index is 220. The van der Waals surface area contributed by atoms with Crippen LogP contribution in [0.5, 0.6) is 0 Å². The van der Waals surface area contributed by atoms with Crippen molar-refractivity contribution in [2.24, 2.45) is 10.8 Å². The van der Waals surface area contributed by atoms with Crippen molar-refractivity contribution in [3.05, 3.63) is 0 Å². The third-order valence-corrected chi connectivity index (χ3v) is 4.13. The van der Waals surface area contributed by atoms with Crippen LogP contribution in [-0.4, -0.2) is 35.7 Å². The standard InChI is InChI=1S/C12H23NO/c1-11(2)8-13(7-10(11)14)9-12(3)5-4-6-12/h10,14H,4-9H2,1-3H3. The van der Waals surface area contributed by atoms with E-state index in [0.29, 0.717) is 5.41 Å². The van der Waals surface area contributed by atoms with Crippen molar-refractivity contribution in [1.29, 1.82) is 0 Å². The molecule has 2 fully saturated rings. The number of hydrogen-bond acceptors (Lipinski definition) is 2. The molecule has 0 aromatic carbocycles. The summed E-state index contributed by atoms with van der Waals surface area (Å²) in [6.07, 6.45) is 4.02. The molecular formula is C12H23NO. The van der Waals surface area contributed by atoms with E-state index in [1.165, 1.54) is 25.8 Å².